The van der Waals surface area contributed by atoms with Crippen LogP contribution in [-0.2, 0) is 19.5 Å². The Labute approximate surface area is 198 Å². The number of hydrogen-bond donors (Lipinski definition) is 2. The lowest BCUT2D eigenvalue weighted by Crippen LogP contribution is -2.41. The van der Waals surface area contributed by atoms with Crippen molar-refractivity contribution >= 4 is 23.0 Å². The summed E-state index contributed by atoms with van der Waals surface area (Å²) < 4.78 is 0. The second-order valence-corrected chi connectivity index (χ2v) is 9.35. The Morgan fingerprint density at radius 2 is 1.91 bits per heavy atom. The molecule has 0 fully saturated rings. The number of thiazole rings is 1. The van der Waals surface area contributed by atoms with Crippen molar-refractivity contribution in [1.29, 1.82) is 0 Å². The number of benzene rings is 1. The average molecular weight is 457 g/mol. The van der Waals surface area contributed by atoms with Crippen LogP contribution in [0.25, 0.3) is 10.7 Å². The molecule has 1 aromatic carbocycles. The summed E-state index contributed by atoms with van der Waals surface area (Å²) in [5.74, 6) is 1.54. The van der Waals surface area contributed by atoms with Gasteiger partial charge in [0.2, 0.25) is 0 Å². The normalized spacial score (nSPS) is 14.6. The largest absolute Gasteiger partial charge is 0.325 e. The number of pyridine rings is 2. The van der Waals surface area contributed by atoms with Gasteiger partial charge in [0.25, 0.3) is 0 Å². The Hall–Kier alpha value is -3.13. The maximum atomic E-state index is 4.64. The molecule has 0 amide bonds. The van der Waals surface area contributed by atoms with Crippen LogP contribution in [0.2, 0.25) is 0 Å². The lowest BCUT2D eigenvalue weighted by atomic mass is 10.00. The van der Waals surface area contributed by atoms with Gasteiger partial charge < -0.3 is 10.6 Å². The molecular weight excluding hydrogens is 428 g/mol. The van der Waals surface area contributed by atoms with Crippen molar-refractivity contribution in [3.05, 3.63) is 89.1 Å². The van der Waals surface area contributed by atoms with Gasteiger partial charge in [-0.15, -0.1) is 11.3 Å². The molecule has 0 bridgehead atoms. The number of rotatable bonds is 8. The molecule has 0 saturated carbocycles. The predicted octanol–water partition coefficient (Wildman–Crippen LogP) is 4.88. The molecule has 1 aliphatic heterocycles. The fourth-order valence-corrected chi connectivity index (χ4v) is 4.77. The van der Waals surface area contributed by atoms with Crippen LogP contribution in [-0.4, -0.2) is 39.0 Å². The van der Waals surface area contributed by atoms with Crippen molar-refractivity contribution in [3.63, 3.8) is 0 Å². The standard InChI is InChI=1S/C26H28N6S/c1-19(17-32-13-11-21-5-2-3-6-22(21)18-32)28-15-20-9-10-24(29-16-20)31-25-8-4-7-23(30-25)26-27-12-14-33-26/h2-10,12,14,16,19,28H,11,13,15,17-18H2,1H3,(H,29,30,31). The summed E-state index contributed by atoms with van der Waals surface area (Å²) in [6.45, 7) is 6.27. The first-order chi connectivity index (χ1) is 16.2. The highest BCUT2D eigenvalue weighted by atomic mass is 32.1. The molecule has 0 radical (unpaired) electrons. The molecule has 0 spiro atoms. The Kier molecular flexibility index (Phi) is 6.71. The van der Waals surface area contributed by atoms with E-state index in [4.69, 9.17) is 0 Å². The zero-order valence-electron chi connectivity index (χ0n) is 18.7. The van der Waals surface area contributed by atoms with Gasteiger partial charge in [-0.3, -0.25) is 4.90 Å². The van der Waals surface area contributed by atoms with Gasteiger partial charge in [0, 0.05) is 50.0 Å². The number of hydrogen-bond acceptors (Lipinski definition) is 7. The van der Waals surface area contributed by atoms with Crippen LogP contribution >= 0.6 is 11.3 Å². The fourth-order valence-electron chi connectivity index (χ4n) is 4.16. The second kappa shape index (κ2) is 10.2. The van der Waals surface area contributed by atoms with E-state index in [9.17, 15) is 0 Å². The van der Waals surface area contributed by atoms with Crippen molar-refractivity contribution in [2.75, 3.05) is 18.4 Å². The van der Waals surface area contributed by atoms with E-state index >= 15 is 0 Å². The molecular formula is C26H28N6S. The minimum atomic E-state index is 0.408. The van der Waals surface area contributed by atoms with Gasteiger partial charge in [0.1, 0.15) is 22.3 Å². The maximum absolute atomic E-state index is 4.64. The van der Waals surface area contributed by atoms with Gasteiger partial charge >= 0.3 is 0 Å². The number of nitrogens with one attached hydrogen (secondary N) is 2. The molecule has 1 atom stereocenters. The molecule has 5 rings (SSSR count). The van der Waals surface area contributed by atoms with Crippen LogP contribution in [0.5, 0.6) is 0 Å². The highest BCUT2D eigenvalue weighted by Gasteiger charge is 2.17. The van der Waals surface area contributed by atoms with Crippen molar-refractivity contribution in [1.82, 2.24) is 25.2 Å². The Morgan fingerprint density at radius 1 is 1.00 bits per heavy atom. The molecule has 0 saturated heterocycles. The third-order valence-corrected chi connectivity index (χ3v) is 6.67. The van der Waals surface area contributed by atoms with Crippen LogP contribution in [0.4, 0.5) is 11.6 Å². The molecule has 2 N–H and O–H groups in total. The molecule has 1 unspecified atom stereocenters. The first-order valence-electron chi connectivity index (χ1n) is 11.3. The minimum absolute atomic E-state index is 0.408. The lowest BCUT2D eigenvalue weighted by molar-refractivity contribution is 0.229. The zero-order valence-corrected chi connectivity index (χ0v) is 19.6. The van der Waals surface area contributed by atoms with Crippen molar-refractivity contribution in [3.8, 4) is 10.7 Å². The maximum Gasteiger partial charge on any atom is 0.141 e. The molecule has 3 aromatic heterocycles. The molecule has 6 nitrogen and oxygen atoms in total. The molecule has 4 heterocycles. The van der Waals surface area contributed by atoms with Crippen LogP contribution < -0.4 is 10.6 Å². The van der Waals surface area contributed by atoms with Gasteiger partial charge in [-0.2, -0.15) is 0 Å². The van der Waals surface area contributed by atoms with Crippen LogP contribution in [0.15, 0.2) is 72.4 Å². The summed E-state index contributed by atoms with van der Waals surface area (Å²) in [6, 6.07) is 19.2. The quantitative estimate of drug-likeness (QED) is 0.394. The van der Waals surface area contributed by atoms with Crippen molar-refractivity contribution in [2.45, 2.75) is 32.5 Å². The monoisotopic (exact) mass is 456 g/mol. The highest BCUT2D eigenvalue weighted by molar-refractivity contribution is 7.13. The van der Waals surface area contributed by atoms with Gasteiger partial charge in [0.05, 0.1) is 0 Å². The molecule has 33 heavy (non-hydrogen) atoms. The van der Waals surface area contributed by atoms with Gasteiger partial charge in [-0.05, 0) is 48.2 Å². The third-order valence-electron chi connectivity index (χ3n) is 5.88. The third kappa shape index (κ3) is 5.63. The number of anilines is 2. The first kappa shape index (κ1) is 21.7. The Morgan fingerprint density at radius 3 is 2.73 bits per heavy atom. The van der Waals surface area contributed by atoms with Gasteiger partial charge in [-0.25, -0.2) is 15.0 Å². The summed E-state index contributed by atoms with van der Waals surface area (Å²) in [6.07, 6.45) is 4.86. The summed E-state index contributed by atoms with van der Waals surface area (Å²) in [5.41, 5.74) is 5.00. The van der Waals surface area contributed by atoms with Crippen molar-refractivity contribution < 1.29 is 0 Å². The zero-order chi connectivity index (χ0) is 22.5. The van der Waals surface area contributed by atoms with E-state index in [0.29, 0.717) is 6.04 Å². The number of fused-ring (bicyclic) bond motifs is 1. The molecule has 1 aliphatic rings. The summed E-state index contributed by atoms with van der Waals surface area (Å²) in [7, 11) is 0. The van der Waals surface area contributed by atoms with E-state index < -0.39 is 0 Å². The Bertz CT molecular complexity index is 1180. The summed E-state index contributed by atoms with van der Waals surface area (Å²) in [4.78, 5) is 16.1. The molecule has 4 aromatic rings. The fraction of sp³-hybridized carbons (Fsp3) is 0.269. The van der Waals surface area contributed by atoms with Crippen LogP contribution in [0.3, 0.4) is 0 Å². The number of nitrogens with zero attached hydrogens (tertiary/aromatic N) is 4. The lowest BCUT2D eigenvalue weighted by Gasteiger charge is -2.31. The molecule has 7 heteroatoms. The SMILES string of the molecule is CC(CN1CCc2ccccc2C1)NCc1ccc(Nc2cccc(-c3nccs3)n2)nc1. The number of aromatic nitrogens is 3. The van der Waals surface area contributed by atoms with E-state index in [2.05, 4.69) is 67.7 Å². The van der Waals surface area contributed by atoms with E-state index in [1.54, 1.807) is 17.5 Å². The van der Waals surface area contributed by atoms with Crippen LogP contribution in [0, 0.1) is 0 Å². The van der Waals surface area contributed by atoms with E-state index in [1.165, 1.54) is 16.7 Å². The van der Waals surface area contributed by atoms with E-state index in [1.807, 2.05) is 35.8 Å². The first-order valence-corrected chi connectivity index (χ1v) is 12.2. The average Bonchev–Trinajstić information content (AvgIpc) is 3.39. The van der Waals surface area contributed by atoms with E-state index in [-0.39, 0.29) is 0 Å². The van der Waals surface area contributed by atoms with E-state index in [0.717, 1.165) is 54.9 Å². The predicted molar refractivity (Wildman–Crippen MR) is 135 cm³/mol. The summed E-state index contributed by atoms with van der Waals surface area (Å²) >= 11 is 1.58. The molecule has 0 aliphatic carbocycles. The topological polar surface area (TPSA) is 66.0 Å². The molecule has 168 valence electrons. The summed E-state index contributed by atoms with van der Waals surface area (Å²) in [5, 5.41) is 9.80. The Balaban J connectivity index is 1.11. The van der Waals surface area contributed by atoms with Crippen LogP contribution in [0.1, 0.15) is 23.6 Å². The highest BCUT2D eigenvalue weighted by Crippen LogP contribution is 2.22. The van der Waals surface area contributed by atoms with Gasteiger partial charge in [-0.1, -0.05) is 36.4 Å². The van der Waals surface area contributed by atoms with Gasteiger partial charge in [0.15, 0.2) is 0 Å². The van der Waals surface area contributed by atoms with Crippen molar-refractivity contribution in [2.24, 2.45) is 0 Å². The smallest absolute Gasteiger partial charge is 0.141 e. The second-order valence-electron chi connectivity index (χ2n) is 8.46. The minimum Gasteiger partial charge on any atom is -0.325 e.